The lowest BCUT2D eigenvalue weighted by atomic mass is 9.60. The Hall–Kier alpha value is -5.46. The van der Waals surface area contributed by atoms with Crippen molar-refractivity contribution in [2.75, 3.05) is 67.7 Å². The van der Waals surface area contributed by atoms with Crippen molar-refractivity contribution in [2.24, 2.45) is 11.3 Å². The fourth-order valence-corrected chi connectivity index (χ4v) is 12.5. The number of hydrogen-bond acceptors (Lipinski definition) is 13. The molecule has 16 nitrogen and oxygen atoms in total. The monoisotopic (exact) mass is 936 g/mol. The van der Waals surface area contributed by atoms with Gasteiger partial charge in [-0.2, -0.15) is 4.98 Å². The van der Waals surface area contributed by atoms with Gasteiger partial charge in [-0.3, -0.25) is 19.8 Å². The summed E-state index contributed by atoms with van der Waals surface area (Å²) >= 11 is 6.23. The molecule has 11 rings (SSSR count). The highest BCUT2D eigenvalue weighted by atomic mass is 35.5. The van der Waals surface area contributed by atoms with Crippen molar-refractivity contribution >= 4 is 67.0 Å². The molecule has 1 saturated carbocycles. The number of aromatic nitrogens is 2. The molecule has 3 aromatic carbocycles. The van der Waals surface area contributed by atoms with Crippen molar-refractivity contribution in [3.8, 4) is 5.88 Å². The van der Waals surface area contributed by atoms with Gasteiger partial charge in [0, 0.05) is 73.3 Å². The molecule has 5 aromatic rings. The summed E-state index contributed by atoms with van der Waals surface area (Å²) in [6.45, 7) is 5.15. The first kappa shape index (κ1) is 43.1. The number of fused-ring (bicyclic) bond motifs is 3. The Kier molecular flexibility index (Phi) is 11.3. The largest absolute Gasteiger partial charge is 0.468 e. The van der Waals surface area contributed by atoms with E-state index >= 15 is 0 Å². The van der Waals surface area contributed by atoms with E-state index < -0.39 is 37.5 Å². The number of H-pyrrole nitrogens is 1. The van der Waals surface area contributed by atoms with Crippen LogP contribution in [-0.2, 0) is 19.5 Å². The molecule has 0 bridgehead atoms. The van der Waals surface area contributed by atoms with E-state index in [0.717, 1.165) is 67.5 Å². The molecule has 1 aliphatic carbocycles. The molecular formula is C48H53ClN8O8S. The van der Waals surface area contributed by atoms with Crippen LogP contribution in [-0.4, -0.2) is 105 Å². The van der Waals surface area contributed by atoms with Crippen molar-refractivity contribution in [3.05, 3.63) is 105 Å². The number of anilines is 4. The number of nitrogens with zero attached hydrogens (tertiary/aromatic N) is 5. The summed E-state index contributed by atoms with van der Waals surface area (Å²) in [6.07, 6.45) is 9.86. The number of aromatic amines is 1. The lowest BCUT2D eigenvalue weighted by Gasteiger charge is -2.56. The molecule has 1 amide bonds. The van der Waals surface area contributed by atoms with Crippen molar-refractivity contribution < 1.29 is 32.3 Å². The summed E-state index contributed by atoms with van der Waals surface area (Å²) < 4.78 is 48.1. The Morgan fingerprint density at radius 1 is 0.939 bits per heavy atom. The third-order valence-corrected chi connectivity index (χ3v) is 16.6. The number of nitro benzene ring substituents is 1. The second-order valence-corrected chi connectivity index (χ2v) is 21.0. The van der Waals surface area contributed by atoms with E-state index in [0.29, 0.717) is 68.0 Å². The quantitative estimate of drug-likeness (QED) is 0.0857. The fourth-order valence-electron chi connectivity index (χ4n) is 11.3. The Labute approximate surface area is 388 Å². The molecule has 346 valence electrons. The van der Waals surface area contributed by atoms with Crippen LogP contribution in [0.4, 0.5) is 28.4 Å². The number of carbonyl (C=O) groups is 1. The zero-order chi connectivity index (χ0) is 45.2. The van der Waals surface area contributed by atoms with E-state index in [1.54, 1.807) is 12.3 Å². The van der Waals surface area contributed by atoms with Crippen LogP contribution in [0.25, 0.3) is 11.0 Å². The molecule has 0 radical (unpaired) electrons. The topological polar surface area (TPSA) is 184 Å². The number of pyridine rings is 1. The van der Waals surface area contributed by atoms with Gasteiger partial charge in [-0.25, -0.2) is 13.1 Å². The summed E-state index contributed by atoms with van der Waals surface area (Å²) in [6, 6.07) is 22.0. The van der Waals surface area contributed by atoms with Gasteiger partial charge in [-0.1, -0.05) is 23.7 Å². The summed E-state index contributed by atoms with van der Waals surface area (Å²) in [5.41, 5.74) is 4.20. The molecule has 5 aliphatic heterocycles. The lowest BCUT2D eigenvalue weighted by Crippen LogP contribution is -2.54. The molecule has 3 atom stereocenters. The minimum absolute atomic E-state index is 0.107. The maximum absolute atomic E-state index is 14.5. The van der Waals surface area contributed by atoms with E-state index in [1.807, 2.05) is 41.3 Å². The predicted octanol–water partition coefficient (Wildman–Crippen LogP) is 7.97. The standard InChI is InChI=1S/C48H53ClN8O8S/c49-33-5-3-31(4-6-33)39-2-1-17-55(39)35-25-48(26-35)14-18-54(19-15-48)34-7-9-37(40(23-34)56-42-22-32-11-16-50-45(32)52-47(42)65-44-29-64-28-43(44)56)46(58)53-66(61,62)36-8-10-38(41(24-36)57(59)60)51-27-30-12-20-63-21-13-30/h3-11,16,22-24,30,35,39,43-44,51H,1-2,12-15,17-21,25-29H2,(H,50,52)(H,53,58)/t39-,43+,44+/m0/s1. The maximum atomic E-state index is 14.5. The average Bonchev–Trinajstić information content (AvgIpc) is 4.11. The van der Waals surface area contributed by atoms with Crippen molar-refractivity contribution in [2.45, 2.75) is 80.5 Å². The Bertz CT molecular complexity index is 2770. The number of benzene rings is 3. The van der Waals surface area contributed by atoms with Crippen molar-refractivity contribution in [3.63, 3.8) is 0 Å². The maximum Gasteiger partial charge on any atom is 0.293 e. The summed E-state index contributed by atoms with van der Waals surface area (Å²) in [5, 5.41) is 17.0. The van der Waals surface area contributed by atoms with Gasteiger partial charge >= 0.3 is 0 Å². The molecule has 2 aromatic heterocycles. The molecule has 0 unspecified atom stereocenters. The summed E-state index contributed by atoms with van der Waals surface area (Å²) in [4.78, 5) is 40.8. The van der Waals surface area contributed by atoms with Crippen LogP contribution in [0.1, 0.15) is 73.3 Å². The molecule has 66 heavy (non-hydrogen) atoms. The van der Waals surface area contributed by atoms with Crippen LogP contribution in [0.2, 0.25) is 5.02 Å². The van der Waals surface area contributed by atoms with Gasteiger partial charge in [-0.15, -0.1) is 0 Å². The number of nitro groups is 1. The highest BCUT2D eigenvalue weighted by Crippen LogP contribution is 2.54. The van der Waals surface area contributed by atoms with Gasteiger partial charge in [0.1, 0.15) is 23.1 Å². The zero-order valence-electron chi connectivity index (χ0n) is 36.5. The molecule has 5 fully saturated rings. The molecule has 3 N–H and O–H groups in total. The van der Waals surface area contributed by atoms with E-state index in [1.165, 1.54) is 43.4 Å². The number of sulfonamides is 1. The van der Waals surface area contributed by atoms with Gasteiger partial charge in [0.05, 0.1) is 40.3 Å². The number of likely N-dealkylation sites (tertiary alicyclic amines) is 1. The van der Waals surface area contributed by atoms with Gasteiger partial charge in [0.15, 0.2) is 0 Å². The number of carbonyl (C=O) groups excluding carboxylic acids is 1. The Morgan fingerprint density at radius 2 is 1.74 bits per heavy atom. The zero-order valence-corrected chi connectivity index (χ0v) is 38.1. The molecule has 4 saturated heterocycles. The molecule has 18 heteroatoms. The highest BCUT2D eigenvalue weighted by molar-refractivity contribution is 7.90. The Balaban J connectivity index is 0.869. The van der Waals surface area contributed by atoms with Gasteiger partial charge in [0.25, 0.3) is 21.6 Å². The molecule has 7 heterocycles. The second-order valence-electron chi connectivity index (χ2n) is 18.9. The molecule has 1 spiro atoms. The number of ether oxygens (including phenoxy) is 3. The van der Waals surface area contributed by atoms with Gasteiger partial charge in [-0.05, 0) is 129 Å². The number of piperidine rings is 1. The number of amides is 1. The predicted molar refractivity (Wildman–Crippen MR) is 251 cm³/mol. The third kappa shape index (κ3) is 8.12. The van der Waals surface area contributed by atoms with Crippen LogP contribution >= 0.6 is 11.6 Å². The van der Waals surface area contributed by atoms with Crippen LogP contribution in [0.5, 0.6) is 5.88 Å². The highest BCUT2D eigenvalue weighted by Gasteiger charge is 2.50. The number of halogens is 1. The Morgan fingerprint density at radius 3 is 2.53 bits per heavy atom. The minimum atomic E-state index is -4.59. The summed E-state index contributed by atoms with van der Waals surface area (Å²) in [7, 11) is -4.59. The van der Waals surface area contributed by atoms with E-state index in [4.69, 9.17) is 30.8 Å². The first-order valence-corrected chi connectivity index (χ1v) is 25.0. The second kappa shape index (κ2) is 17.3. The summed E-state index contributed by atoms with van der Waals surface area (Å²) in [5.74, 6) is -0.236. The smallest absolute Gasteiger partial charge is 0.293 e. The minimum Gasteiger partial charge on any atom is -0.468 e. The molecule has 6 aliphatic rings. The normalized spacial score (nSPS) is 23.3. The van der Waals surface area contributed by atoms with Crippen LogP contribution in [0.3, 0.4) is 0 Å². The van der Waals surface area contributed by atoms with E-state index in [2.05, 4.69) is 37.0 Å². The SMILES string of the molecule is O=C(NS(=O)(=O)c1ccc(NCC2CCOCC2)c([N+](=O)[O-])c1)c1ccc(N2CCC3(CC2)CC(N2CCC[C@H]2c2ccc(Cl)cc2)C3)cc1N1c2cc3cc[nH]c3nc2O[C@@H]2COC[C@H]21. The number of rotatable bonds is 11. The first-order chi connectivity index (χ1) is 32.0. The van der Waals surface area contributed by atoms with Gasteiger partial charge < -0.3 is 34.3 Å². The average molecular weight is 938 g/mol. The molecular weight excluding hydrogens is 884 g/mol. The number of hydrogen-bond donors (Lipinski definition) is 3. The van der Waals surface area contributed by atoms with Crippen molar-refractivity contribution in [1.29, 1.82) is 0 Å². The van der Waals surface area contributed by atoms with E-state index in [9.17, 15) is 23.3 Å². The first-order valence-electron chi connectivity index (χ1n) is 23.1. The number of nitrogens with one attached hydrogen (secondary N) is 3. The van der Waals surface area contributed by atoms with Crippen LogP contribution in [0, 0.1) is 21.4 Å². The van der Waals surface area contributed by atoms with Crippen molar-refractivity contribution in [1.82, 2.24) is 19.6 Å². The van der Waals surface area contributed by atoms with E-state index in [-0.39, 0.29) is 28.6 Å². The van der Waals surface area contributed by atoms with Crippen LogP contribution < -0.4 is 24.6 Å². The fraction of sp³-hybridized carbons (Fsp3) is 0.458. The van der Waals surface area contributed by atoms with Gasteiger partial charge in [0.2, 0.25) is 5.88 Å². The third-order valence-electron chi connectivity index (χ3n) is 15.0. The van der Waals surface area contributed by atoms with Crippen LogP contribution in [0.15, 0.2) is 83.9 Å². The lowest BCUT2D eigenvalue weighted by molar-refractivity contribution is -0.384.